The molecule has 0 spiro atoms. The maximum absolute atomic E-state index is 12.7. The molecule has 102 valence electrons. The number of esters is 1. The first-order chi connectivity index (χ1) is 9.67. The van der Waals surface area contributed by atoms with Crippen LogP contribution < -0.4 is 9.47 Å². The van der Waals surface area contributed by atoms with Crippen molar-refractivity contribution in [3.63, 3.8) is 0 Å². The van der Waals surface area contributed by atoms with Gasteiger partial charge in [-0.25, -0.2) is 14.2 Å². The van der Waals surface area contributed by atoms with Gasteiger partial charge in [0.15, 0.2) is 0 Å². The molecule has 0 radical (unpaired) electrons. The second-order valence-electron chi connectivity index (χ2n) is 3.83. The zero-order valence-electron chi connectivity index (χ0n) is 10.7. The Hall–Kier alpha value is -2.69. The summed E-state index contributed by atoms with van der Waals surface area (Å²) in [5.74, 6) is -0.0560. The highest BCUT2D eigenvalue weighted by molar-refractivity contribution is 6.24. The van der Waals surface area contributed by atoms with E-state index >= 15 is 0 Å². The van der Waals surface area contributed by atoms with Gasteiger partial charge in [-0.05, 0) is 48.5 Å². The van der Waals surface area contributed by atoms with Crippen LogP contribution in [-0.2, 0) is 4.79 Å². The summed E-state index contributed by atoms with van der Waals surface area (Å²) in [6.45, 7) is 0. The minimum Gasteiger partial charge on any atom is -0.497 e. The number of carbonyl (C=O) groups excluding carboxylic acids is 1. The van der Waals surface area contributed by atoms with Gasteiger partial charge in [-0.1, -0.05) is 0 Å². The lowest BCUT2D eigenvalue weighted by atomic mass is 10.3. The molecule has 0 amide bonds. The van der Waals surface area contributed by atoms with Gasteiger partial charge in [0.2, 0.25) is 0 Å². The summed E-state index contributed by atoms with van der Waals surface area (Å²) >= 11 is 0. The predicted molar refractivity (Wildman–Crippen MR) is 73.2 cm³/mol. The zero-order chi connectivity index (χ0) is 14.4. The Balaban J connectivity index is 1.96. The number of hydrogen-bond donors (Lipinski definition) is 0. The minimum absolute atomic E-state index is 0.262. The van der Waals surface area contributed by atoms with Gasteiger partial charge in [0, 0.05) is 0 Å². The quantitative estimate of drug-likeness (QED) is 0.488. The van der Waals surface area contributed by atoms with Gasteiger partial charge in [0.1, 0.15) is 23.5 Å². The van der Waals surface area contributed by atoms with E-state index in [0.717, 1.165) is 6.21 Å². The second kappa shape index (κ2) is 6.47. The van der Waals surface area contributed by atoms with Crippen LogP contribution in [0.2, 0.25) is 0 Å². The molecular formula is C15H12FNO3. The number of rotatable bonds is 4. The van der Waals surface area contributed by atoms with Crippen molar-refractivity contribution in [2.45, 2.75) is 0 Å². The van der Waals surface area contributed by atoms with Crippen molar-refractivity contribution in [1.82, 2.24) is 0 Å². The summed E-state index contributed by atoms with van der Waals surface area (Å²) in [6, 6.07) is 12.0. The molecule has 0 fully saturated rings. The Morgan fingerprint density at radius 3 is 2.25 bits per heavy atom. The molecule has 0 unspecified atom stereocenters. The first-order valence-corrected chi connectivity index (χ1v) is 5.83. The Labute approximate surface area is 115 Å². The van der Waals surface area contributed by atoms with Gasteiger partial charge in [0.25, 0.3) is 0 Å². The van der Waals surface area contributed by atoms with E-state index in [0.29, 0.717) is 11.4 Å². The van der Waals surface area contributed by atoms with Gasteiger partial charge >= 0.3 is 5.97 Å². The fraction of sp³-hybridized carbons (Fsp3) is 0.0667. The van der Waals surface area contributed by atoms with Crippen LogP contribution >= 0.6 is 0 Å². The number of carbonyl (C=O) groups is 1. The highest BCUT2D eigenvalue weighted by atomic mass is 19.1. The summed E-state index contributed by atoms with van der Waals surface area (Å²) in [6.07, 6.45) is 1.06. The third-order valence-electron chi connectivity index (χ3n) is 2.42. The fourth-order valence-corrected chi connectivity index (χ4v) is 1.44. The number of benzene rings is 2. The predicted octanol–water partition coefficient (Wildman–Crippen LogP) is 3.14. The standard InChI is InChI=1S/C15H12FNO3/c1-19-13-8-4-12(5-9-13)17-10-15(18)20-14-6-2-11(16)3-7-14/h2-10H,1H3. The monoisotopic (exact) mass is 273 g/mol. The molecule has 0 saturated heterocycles. The number of aliphatic imine (C=N–C) groups is 1. The normalized spacial score (nSPS) is 10.5. The van der Waals surface area contributed by atoms with Gasteiger partial charge in [-0.3, -0.25) is 0 Å². The minimum atomic E-state index is -0.632. The van der Waals surface area contributed by atoms with E-state index in [9.17, 15) is 9.18 Å². The Morgan fingerprint density at radius 2 is 1.65 bits per heavy atom. The van der Waals surface area contributed by atoms with Crippen molar-refractivity contribution < 1.29 is 18.7 Å². The van der Waals surface area contributed by atoms with Crippen molar-refractivity contribution in [2.75, 3.05) is 7.11 Å². The van der Waals surface area contributed by atoms with Gasteiger partial charge < -0.3 is 9.47 Å². The van der Waals surface area contributed by atoms with Crippen LogP contribution in [-0.4, -0.2) is 19.3 Å². The fourth-order valence-electron chi connectivity index (χ4n) is 1.44. The maximum Gasteiger partial charge on any atom is 0.354 e. The molecule has 5 heteroatoms. The highest BCUT2D eigenvalue weighted by Gasteiger charge is 2.01. The van der Waals surface area contributed by atoms with Crippen LogP contribution in [0.4, 0.5) is 10.1 Å². The smallest absolute Gasteiger partial charge is 0.354 e. The first-order valence-electron chi connectivity index (χ1n) is 5.83. The van der Waals surface area contributed by atoms with Crippen LogP contribution in [0.15, 0.2) is 53.5 Å². The summed E-state index contributed by atoms with van der Waals surface area (Å²) < 4.78 is 22.6. The zero-order valence-corrected chi connectivity index (χ0v) is 10.7. The van der Waals surface area contributed by atoms with Crippen molar-refractivity contribution in [1.29, 1.82) is 0 Å². The Kier molecular flexibility index (Phi) is 4.44. The molecule has 0 aliphatic heterocycles. The first kappa shape index (κ1) is 13.7. The molecule has 2 aromatic rings. The summed E-state index contributed by atoms with van der Waals surface area (Å²) in [4.78, 5) is 15.5. The third kappa shape index (κ3) is 3.91. The third-order valence-corrected chi connectivity index (χ3v) is 2.42. The molecule has 0 aliphatic carbocycles. The number of nitrogens with zero attached hydrogens (tertiary/aromatic N) is 1. The van der Waals surface area contributed by atoms with Crippen LogP contribution in [0.5, 0.6) is 11.5 Å². The summed E-state index contributed by atoms with van der Waals surface area (Å²) in [5.41, 5.74) is 0.599. The largest absolute Gasteiger partial charge is 0.497 e. The van der Waals surface area contributed by atoms with E-state index in [1.165, 1.54) is 24.3 Å². The number of ether oxygens (including phenoxy) is 2. The van der Waals surface area contributed by atoms with E-state index < -0.39 is 11.8 Å². The second-order valence-corrected chi connectivity index (χ2v) is 3.83. The molecule has 4 nitrogen and oxygen atoms in total. The van der Waals surface area contributed by atoms with Crippen LogP contribution in [0.25, 0.3) is 0 Å². The lowest BCUT2D eigenvalue weighted by molar-refractivity contribution is -0.126. The van der Waals surface area contributed by atoms with E-state index in [2.05, 4.69) is 4.99 Å². The van der Waals surface area contributed by atoms with Crippen molar-refractivity contribution >= 4 is 17.9 Å². The molecule has 0 N–H and O–H groups in total. The maximum atomic E-state index is 12.7. The molecule has 2 aromatic carbocycles. The van der Waals surface area contributed by atoms with Gasteiger partial charge in [-0.15, -0.1) is 0 Å². The summed E-state index contributed by atoms with van der Waals surface area (Å²) in [7, 11) is 1.57. The Morgan fingerprint density at radius 1 is 1.05 bits per heavy atom. The topological polar surface area (TPSA) is 47.9 Å². The Bertz CT molecular complexity index is 606. The van der Waals surface area contributed by atoms with Gasteiger partial charge in [0.05, 0.1) is 12.8 Å². The highest BCUT2D eigenvalue weighted by Crippen LogP contribution is 2.17. The van der Waals surface area contributed by atoms with E-state index in [4.69, 9.17) is 9.47 Å². The van der Waals surface area contributed by atoms with E-state index in [1.54, 1.807) is 31.4 Å². The molecule has 20 heavy (non-hydrogen) atoms. The average Bonchev–Trinajstić information content (AvgIpc) is 2.48. The van der Waals surface area contributed by atoms with E-state index in [1.807, 2.05) is 0 Å². The van der Waals surface area contributed by atoms with Crippen molar-refractivity contribution in [3.8, 4) is 11.5 Å². The van der Waals surface area contributed by atoms with Crippen LogP contribution in [0, 0.1) is 5.82 Å². The number of hydrogen-bond acceptors (Lipinski definition) is 4. The molecule has 0 atom stereocenters. The molecule has 0 saturated carbocycles. The lowest BCUT2D eigenvalue weighted by Gasteiger charge is -2.00. The molecule has 0 aliphatic rings. The van der Waals surface area contributed by atoms with Gasteiger partial charge in [-0.2, -0.15) is 0 Å². The van der Waals surface area contributed by atoms with Crippen molar-refractivity contribution in [3.05, 3.63) is 54.3 Å². The summed E-state index contributed by atoms with van der Waals surface area (Å²) in [5, 5.41) is 0. The van der Waals surface area contributed by atoms with E-state index in [-0.39, 0.29) is 5.75 Å². The van der Waals surface area contributed by atoms with Crippen molar-refractivity contribution in [2.24, 2.45) is 4.99 Å². The van der Waals surface area contributed by atoms with Crippen LogP contribution in [0.3, 0.4) is 0 Å². The molecule has 0 heterocycles. The number of methoxy groups -OCH3 is 1. The molecule has 2 rings (SSSR count). The average molecular weight is 273 g/mol. The van der Waals surface area contributed by atoms with Crippen LogP contribution in [0.1, 0.15) is 0 Å². The number of halogens is 1. The lowest BCUT2D eigenvalue weighted by Crippen LogP contribution is -2.08. The molecular weight excluding hydrogens is 261 g/mol. The SMILES string of the molecule is COc1ccc(N=CC(=O)Oc2ccc(F)cc2)cc1. The molecule has 0 bridgehead atoms. The molecule has 0 aromatic heterocycles.